The lowest BCUT2D eigenvalue weighted by atomic mass is 10.1. The fourth-order valence-corrected chi connectivity index (χ4v) is 1.38. The van der Waals surface area contributed by atoms with Crippen molar-refractivity contribution in [3.05, 3.63) is 18.2 Å². The molecule has 0 aromatic carbocycles. The molecule has 1 rings (SSSR count). The number of rotatable bonds is 5. The summed E-state index contributed by atoms with van der Waals surface area (Å²) in [5, 5.41) is 2.59. The predicted octanol–water partition coefficient (Wildman–Crippen LogP) is -0.196. The molecule has 0 aliphatic heterocycles. The molecule has 1 atom stereocenters. The third-order valence-corrected chi connectivity index (χ3v) is 2.28. The second-order valence-corrected chi connectivity index (χ2v) is 3.61. The molecule has 0 radical (unpaired) electrons. The van der Waals surface area contributed by atoms with Gasteiger partial charge in [-0.1, -0.05) is 13.3 Å². The van der Waals surface area contributed by atoms with Crippen LogP contribution in [0.4, 0.5) is 0 Å². The van der Waals surface area contributed by atoms with Crippen LogP contribution in [0.15, 0.2) is 12.5 Å². The summed E-state index contributed by atoms with van der Waals surface area (Å²) >= 11 is 0. The van der Waals surface area contributed by atoms with Crippen LogP contribution < -0.4 is 11.1 Å². The average Bonchev–Trinajstić information content (AvgIpc) is 2.63. The van der Waals surface area contributed by atoms with Gasteiger partial charge in [0, 0.05) is 7.05 Å². The molecule has 1 aromatic rings. The minimum atomic E-state index is -0.618. The van der Waals surface area contributed by atoms with Crippen molar-refractivity contribution in [2.75, 3.05) is 0 Å². The maximum absolute atomic E-state index is 11.7. The number of carbonyl (C=O) groups is 2. The van der Waals surface area contributed by atoms with Gasteiger partial charge in [0.05, 0.1) is 12.5 Å². The third kappa shape index (κ3) is 2.82. The highest BCUT2D eigenvalue weighted by Gasteiger charge is 2.19. The summed E-state index contributed by atoms with van der Waals surface area (Å²) < 4.78 is 1.58. The van der Waals surface area contributed by atoms with Crippen LogP contribution in [0.1, 0.15) is 30.3 Å². The molecule has 88 valence electrons. The lowest BCUT2D eigenvalue weighted by molar-refractivity contribution is -0.120. The summed E-state index contributed by atoms with van der Waals surface area (Å²) in [6.07, 6.45) is 4.28. The second kappa shape index (κ2) is 5.29. The predicted molar refractivity (Wildman–Crippen MR) is 58.6 cm³/mol. The highest BCUT2D eigenvalue weighted by atomic mass is 16.2. The topological polar surface area (TPSA) is 90.0 Å². The molecular formula is C10H16N4O2. The zero-order valence-corrected chi connectivity index (χ0v) is 9.43. The number of aromatic nitrogens is 2. The molecule has 2 amide bonds. The Morgan fingerprint density at radius 2 is 2.31 bits per heavy atom. The smallest absolute Gasteiger partial charge is 0.270 e. The number of nitrogens with two attached hydrogens (primary N) is 1. The summed E-state index contributed by atoms with van der Waals surface area (Å²) in [5.41, 5.74) is 5.59. The molecule has 1 heterocycles. The van der Waals surface area contributed by atoms with Crippen LogP contribution in [0, 0.1) is 0 Å². The maximum Gasteiger partial charge on any atom is 0.270 e. The summed E-state index contributed by atoms with van der Waals surface area (Å²) in [7, 11) is 1.71. The number of imidazole rings is 1. The Balaban J connectivity index is 2.69. The fourth-order valence-electron chi connectivity index (χ4n) is 1.38. The lowest BCUT2D eigenvalue weighted by Crippen LogP contribution is -2.44. The number of primary amides is 1. The van der Waals surface area contributed by atoms with Crippen LogP contribution in [0.25, 0.3) is 0 Å². The van der Waals surface area contributed by atoms with Crippen molar-refractivity contribution in [3.8, 4) is 0 Å². The fraction of sp³-hybridized carbons (Fsp3) is 0.500. The molecule has 0 saturated heterocycles. The normalized spacial score (nSPS) is 12.1. The van der Waals surface area contributed by atoms with E-state index >= 15 is 0 Å². The van der Waals surface area contributed by atoms with E-state index in [1.165, 1.54) is 12.5 Å². The number of hydrogen-bond acceptors (Lipinski definition) is 3. The minimum absolute atomic E-state index is 0.336. The molecule has 0 bridgehead atoms. The Morgan fingerprint density at radius 1 is 1.62 bits per heavy atom. The first-order chi connectivity index (χ1) is 7.56. The molecule has 16 heavy (non-hydrogen) atoms. The van der Waals surface area contributed by atoms with E-state index in [2.05, 4.69) is 10.3 Å². The molecular weight excluding hydrogens is 208 g/mol. The van der Waals surface area contributed by atoms with Gasteiger partial charge in [-0.25, -0.2) is 4.98 Å². The van der Waals surface area contributed by atoms with Crippen LogP contribution >= 0.6 is 0 Å². The van der Waals surface area contributed by atoms with Crippen LogP contribution in [0.3, 0.4) is 0 Å². The van der Waals surface area contributed by atoms with Gasteiger partial charge in [0.1, 0.15) is 11.7 Å². The molecule has 6 heteroatoms. The van der Waals surface area contributed by atoms with E-state index in [4.69, 9.17) is 5.73 Å². The molecule has 0 saturated carbocycles. The van der Waals surface area contributed by atoms with Crippen LogP contribution in [-0.4, -0.2) is 27.4 Å². The van der Waals surface area contributed by atoms with Crippen LogP contribution in [0.5, 0.6) is 0 Å². The van der Waals surface area contributed by atoms with E-state index in [9.17, 15) is 9.59 Å². The Hall–Kier alpha value is -1.85. The van der Waals surface area contributed by atoms with Crippen LogP contribution in [-0.2, 0) is 11.8 Å². The van der Waals surface area contributed by atoms with Gasteiger partial charge in [-0.15, -0.1) is 0 Å². The number of amides is 2. The summed E-state index contributed by atoms with van der Waals surface area (Å²) in [6, 6.07) is -0.618. The van der Waals surface area contributed by atoms with E-state index in [1.807, 2.05) is 6.92 Å². The van der Waals surface area contributed by atoms with Gasteiger partial charge in [0.2, 0.25) is 5.91 Å². The van der Waals surface area contributed by atoms with E-state index < -0.39 is 11.9 Å². The van der Waals surface area contributed by atoms with Gasteiger partial charge in [0.25, 0.3) is 5.91 Å². The largest absolute Gasteiger partial charge is 0.368 e. The van der Waals surface area contributed by atoms with Crippen molar-refractivity contribution in [1.29, 1.82) is 0 Å². The minimum Gasteiger partial charge on any atom is -0.368 e. The van der Waals surface area contributed by atoms with Gasteiger partial charge < -0.3 is 15.6 Å². The quantitative estimate of drug-likeness (QED) is 0.726. The van der Waals surface area contributed by atoms with E-state index in [1.54, 1.807) is 11.6 Å². The summed E-state index contributed by atoms with van der Waals surface area (Å²) in [6.45, 7) is 1.92. The molecule has 3 N–H and O–H groups in total. The Kier molecular flexibility index (Phi) is 4.04. The van der Waals surface area contributed by atoms with Gasteiger partial charge >= 0.3 is 0 Å². The standard InChI is InChI=1S/C10H16N4O2/c1-3-4-7(9(11)15)13-10(16)8-5-12-6-14(8)2/h5-7H,3-4H2,1-2H3,(H2,11,15)(H,13,16)/t7-/m0/s1. The lowest BCUT2D eigenvalue weighted by Gasteiger charge is -2.14. The van der Waals surface area contributed by atoms with E-state index in [-0.39, 0.29) is 5.91 Å². The van der Waals surface area contributed by atoms with Crippen molar-refractivity contribution in [3.63, 3.8) is 0 Å². The van der Waals surface area contributed by atoms with Crippen LogP contribution in [0.2, 0.25) is 0 Å². The highest BCUT2D eigenvalue weighted by Crippen LogP contribution is 2.00. The number of nitrogens with zero attached hydrogens (tertiary/aromatic N) is 2. The van der Waals surface area contributed by atoms with E-state index in [0.29, 0.717) is 12.1 Å². The zero-order chi connectivity index (χ0) is 12.1. The monoisotopic (exact) mass is 224 g/mol. The first kappa shape index (κ1) is 12.2. The number of carbonyl (C=O) groups excluding carboxylic acids is 2. The first-order valence-corrected chi connectivity index (χ1v) is 5.12. The Morgan fingerprint density at radius 3 is 2.75 bits per heavy atom. The Bertz CT molecular complexity index is 386. The molecule has 1 aromatic heterocycles. The SMILES string of the molecule is CCC[C@H](NC(=O)c1cncn1C)C(N)=O. The molecule has 0 fully saturated rings. The van der Waals surface area contributed by atoms with Gasteiger partial charge in [-0.3, -0.25) is 9.59 Å². The summed E-state index contributed by atoms with van der Waals surface area (Å²) in [4.78, 5) is 26.6. The second-order valence-electron chi connectivity index (χ2n) is 3.61. The molecule has 0 spiro atoms. The molecule has 0 aliphatic carbocycles. The molecule has 0 unspecified atom stereocenters. The van der Waals surface area contributed by atoms with Gasteiger partial charge in [-0.05, 0) is 6.42 Å². The van der Waals surface area contributed by atoms with Crippen molar-refractivity contribution in [1.82, 2.24) is 14.9 Å². The van der Waals surface area contributed by atoms with E-state index in [0.717, 1.165) is 6.42 Å². The summed E-state index contributed by atoms with van der Waals surface area (Å²) in [5.74, 6) is -0.852. The average molecular weight is 224 g/mol. The maximum atomic E-state index is 11.7. The van der Waals surface area contributed by atoms with Crippen molar-refractivity contribution >= 4 is 11.8 Å². The number of aryl methyl sites for hydroxylation is 1. The van der Waals surface area contributed by atoms with Crippen molar-refractivity contribution < 1.29 is 9.59 Å². The molecule has 0 aliphatic rings. The van der Waals surface area contributed by atoms with Gasteiger partial charge in [0.15, 0.2) is 0 Å². The van der Waals surface area contributed by atoms with Gasteiger partial charge in [-0.2, -0.15) is 0 Å². The zero-order valence-electron chi connectivity index (χ0n) is 9.43. The Labute approximate surface area is 93.8 Å². The highest BCUT2D eigenvalue weighted by molar-refractivity contribution is 5.95. The molecule has 6 nitrogen and oxygen atoms in total. The van der Waals surface area contributed by atoms with Crippen molar-refractivity contribution in [2.24, 2.45) is 12.8 Å². The first-order valence-electron chi connectivity index (χ1n) is 5.12. The number of hydrogen-bond donors (Lipinski definition) is 2. The number of nitrogens with one attached hydrogen (secondary N) is 1. The third-order valence-electron chi connectivity index (χ3n) is 2.28. The van der Waals surface area contributed by atoms with Crippen molar-refractivity contribution in [2.45, 2.75) is 25.8 Å².